The molecule has 0 aromatic carbocycles. The van der Waals surface area contributed by atoms with Crippen LogP contribution < -0.4 is 0 Å². The van der Waals surface area contributed by atoms with Crippen molar-refractivity contribution in [1.82, 2.24) is 4.90 Å². The third kappa shape index (κ3) is 4.19. The fraction of sp³-hybridized carbons (Fsp3) is 0.667. The van der Waals surface area contributed by atoms with Crippen molar-refractivity contribution in [1.29, 1.82) is 0 Å². The monoisotopic (exact) mass is 241 g/mol. The van der Waals surface area contributed by atoms with E-state index in [1.165, 1.54) is 11.0 Å². The van der Waals surface area contributed by atoms with Gasteiger partial charge < -0.3 is 14.4 Å². The molecule has 1 rings (SSSR count). The van der Waals surface area contributed by atoms with Gasteiger partial charge in [-0.3, -0.25) is 4.79 Å². The van der Waals surface area contributed by atoms with Crippen LogP contribution in [0, 0.1) is 0 Å². The molecule has 0 aromatic heterocycles. The number of rotatable bonds is 2. The Labute approximate surface area is 101 Å². The first kappa shape index (κ1) is 13.7. The number of carbonyl (C=O) groups excluding carboxylic acids is 2. The highest BCUT2D eigenvalue weighted by atomic mass is 16.6. The van der Waals surface area contributed by atoms with Crippen molar-refractivity contribution in [2.75, 3.05) is 19.7 Å². The van der Waals surface area contributed by atoms with Crippen molar-refractivity contribution in [2.24, 2.45) is 0 Å². The molecular formula is C12H19NO4. The molecule has 5 heteroatoms. The van der Waals surface area contributed by atoms with Gasteiger partial charge in [-0.15, -0.1) is 0 Å². The molecule has 0 saturated carbocycles. The van der Waals surface area contributed by atoms with E-state index in [1.807, 2.05) is 0 Å². The van der Waals surface area contributed by atoms with Gasteiger partial charge in [-0.2, -0.15) is 0 Å². The zero-order valence-electron chi connectivity index (χ0n) is 10.6. The Morgan fingerprint density at radius 3 is 2.65 bits per heavy atom. The van der Waals surface area contributed by atoms with Crippen LogP contribution >= 0.6 is 0 Å². The van der Waals surface area contributed by atoms with Gasteiger partial charge in [0.05, 0.1) is 13.2 Å². The first-order chi connectivity index (χ1) is 7.83. The highest BCUT2D eigenvalue weighted by molar-refractivity contribution is 5.93. The van der Waals surface area contributed by atoms with E-state index in [0.29, 0.717) is 13.2 Å². The molecule has 1 amide bonds. The van der Waals surface area contributed by atoms with Gasteiger partial charge >= 0.3 is 6.09 Å². The molecule has 96 valence electrons. The average Bonchev–Trinajstić information content (AvgIpc) is 2.26. The lowest BCUT2D eigenvalue weighted by Crippen LogP contribution is -2.49. The standard InChI is InChI=1S/C12H19NO4/c1-5-9(14)10-8-13(6-7-16-10)11(15)17-12(2,3)4/h5,10H,1,6-8H2,2-4H3. The predicted octanol–water partition coefficient (Wildman–Crippen LogP) is 1.38. The summed E-state index contributed by atoms with van der Waals surface area (Å²) in [6.07, 6.45) is 0.180. The largest absolute Gasteiger partial charge is 0.444 e. The Hall–Kier alpha value is -1.36. The Balaban J connectivity index is 2.57. The van der Waals surface area contributed by atoms with E-state index in [-0.39, 0.29) is 12.3 Å². The van der Waals surface area contributed by atoms with Crippen LogP contribution in [-0.2, 0) is 14.3 Å². The summed E-state index contributed by atoms with van der Waals surface area (Å²) in [7, 11) is 0. The highest BCUT2D eigenvalue weighted by Crippen LogP contribution is 2.13. The summed E-state index contributed by atoms with van der Waals surface area (Å²) in [5, 5.41) is 0. The van der Waals surface area contributed by atoms with Gasteiger partial charge in [0.2, 0.25) is 0 Å². The molecule has 0 aliphatic carbocycles. The second kappa shape index (κ2) is 5.31. The minimum atomic E-state index is -0.617. The van der Waals surface area contributed by atoms with Gasteiger partial charge in [0.15, 0.2) is 5.78 Å². The number of ketones is 1. The topological polar surface area (TPSA) is 55.8 Å². The summed E-state index contributed by atoms with van der Waals surface area (Å²) in [4.78, 5) is 24.7. The Kier molecular flexibility index (Phi) is 4.28. The zero-order valence-corrected chi connectivity index (χ0v) is 10.6. The lowest BCUT2D eigenvalue weighted by atomic mass is 10.2. The van der Waals surface area contributed by atoms with Crippen LogP contribution in [0.4, 0.5) is 4.79 Å². The van der Waals surface area contributed by atoms with Crippen molar-refractivity contribution in [2.45, 2.75) is 32.5 Å². The first-order valence-corrected chi connectivity index (χ1v) is 5.59. The molecule has 1 aliphatic heterocycles. The number of morpholine rings is 1. The van der Waals surface area contributed by atoms with Crippen molar-refractivity contribution in [3.05, 3.63) is 12.7 Å². The van der Waals surface area contributed by atoms with Crippen molar-refractivity contribution in [3.63, 3.8) is 0 Å². The summed E-state index contributed by atoms with van der Waals surface area (Å²) in [5.74, 6) is -0.210. The Bertz CT molecular complexity index is 319. The quantitative estimate of drug-likeness (QED) is 0.685. The number of hydrogen-bond acceptors (Lipinski definition) is 4. The van der Waals surface area contributed by atoms with E-state index >= 15 is 0 Å². The number of ether oxygens (including phenoxy) is 2. The van der Waals surface area contributed by atoms with Crippen LogP contribution in [0.2, 0.25) is 0 Å². The highest BCUT2D eigenvalue weighted by Gasteiger charge is 2.30. The van der Waals surface area contributed by atoms with Crippen LogP contribution in [0.3, 0.4) is 0 Å². The first-order valence-electron chi connectivity index (χ1n) is 5.59. The second-order valence-electron chi connectivity index (χ2n) is 4.89. The molecule has 0 aromatic rings. The Morgan fingerprint density at radius 2 is 2.12 bits per heavy atom. The van der Waals surface area contributed by atoms with Crippen LogP contribution in [0.1, 0.15) is 20.8 Å². The van der Waals surface area contributed by atoms with Crippen LogP contribution in [0.5, 0.6) is 0 Å². The van der Waals surface area contributed by atoms with Crippen molar-refractivity contribution in [3.8, 4) is 0 Å². The molecule has 1 saturated heterocycles. The third-order valence-electron chi connectivity index (χ3n) is 2.24. The minimum Gasteiger partial charge on any atom is -0.444 e. The smallest absolute Gasteiger partial charge is 0.410 e. The van der Waals surface area contributed by atoms with Crippen LogP contribution in [0.15, 0.2) is 12.7 Å². The molecule has 0 radical (unpaired) electrons. The summed E-state index contributed by atoms with van der Waals surface area (Å²) in [5.41, 5.74) is -0.534. The molecule has 1 aliphatic rings. The van der Waals surface area contributed by atoms with E-state index in [0.717, 1.165) is 0 Å². The molecule has 1 atom stereocenters. The average molecular weight is 241 g/mol. The summed E-state index contributed by atoms with van der Waals surface area (Å²) in [6, 6.07) is 0. The molecule has 17 heavy (non-hydrogen) atoms. The molecule has 0 N–H and O–H groups in total. The minimum absolute atomic E-state index is 0.210. The SMILES string of the molecule is C=CC(=O)C1CN(C(=O)OC(C)(C)C)CCO1. The molecule has 5 nitrogen and oxygen atoms in total. The maximum Gasteiger partial charge on any atom is 0.410 e. The molecule has 0 spiro atoms. The third-order valence-corrected chi connectivity index (χ3v) is 2.24. The normalized spacial score (nSPS) is 20.9. The van der Waals surface area contributed by atoms with Gasteiger partial charge in [0.1, 0.15) is 11.7 Å². The number of nitrogens with zero attached hydrogens (tertiary/aromatic N) is 1. The number of carbonyl (C=O) groups is 2. The van der Waals surface area contributed by atoms with Gasteiger partial charge in [-0.25, -0.2) is 4.79 Å². The fourth-order valence-electron chi connectivity index (χ4n) is 1.45. The summed E-state index contributed by atoms with van der Waals surface area (Å²) in [6.45, 7) is 9.81. The molecule has 1 fully saturated rings. The zero-order chi connectivity index (χ0) is 13.1. The molecular weight excluding hydrogens is 222 g/mol. The second-order valence-corrected chi connectivity index (χ2v) is 4.89. The van der Waals surface area contributed by atoms with Crippen LogP contribution in [-0.4, -0.2) is 48.2 Å². The van der Waals surface area contributed by atoms with Gasteiger partial charge in [-0.05, 0) is 26.8 Å². The number of amides is 1. The van der Waals surface area contributed by atoms with Gasteiger partial charge in [0, 0.05) is 6.54 Å². The van der Waals surface area contributed by atoms with Crippen molar-refractivity contribution < 1.29 is 19.1 Å². The van der Waals surface area contributed by atoms with E-state index < -0.39 is 17.8 Å². The fourth-order valence-corrected chi connectivity index (χ4v) is 1.45. The maximum atomic E-state index is 11.8. The van der Waals surface area contributed by atoms with Gasteiger partial charge in [-0.1, -0.05) is 6.58 Å². The lowest BCUT2D eigenvalue weighted by Gasteiger charge is -2.33. The van der Waals surface area contributed by atoms with E-state index in [1.54, 1.807) is 20.8 Å². The van der Waals surface area contributed by atoms with Crippen LogP contribution in [0.25, 0.3) is 0 Å². The summed E-state index contributed by atoms with van der Waals surface area (Å²) < 4.78 is 10.5. The van der Waals surface area contributed by atoms with E-state index in [2.05, 4.69) is 6.58 Å². The predicted molar refractivity (Wildman–Crippen MR) is 62.8 cm³/mol. The molecule has 1 heterocycles. The number of hydrogen-bond donors (Lipinski definition) is 0. The summed E-state index contributed by atoms with van der Waals surface area (Å²) >= 11 is 0. The van der Waals surface area contributed by atoms with E-state index in [4.69, 9.17) is 9.47 Å². The van der Waals surface area contributed by atoms with E-state index in [9.17, 15) is 9.59 Å². The molecule has 0 bridgehead atoms. The maximum absolute atomic E-state index is 11.8. The van der Waals surface area contributed by atoms with Gasteiger partial charge in [0.25, 0.3) is 0 Å². The Morgan fingerprint density at radius 1 is 1.47 bits per heavy atom. The van der Waals surface area contributed by atoms with Crippen molar-refractivity contribution >= 4 is 11.9 Å². The molecule has 1 unspecified atom stereocenters. The lowest BCUT2D eigenvalue weighted by molar-refractivity contribution is -0.130.